The van der Waals surface area contributed by atoms with E-state index in [9.17, 15) is 9.18 Å². The zero-order valence-corrected chi connectivity index (χ0v) is 10.3. The number of carboxylic acid groups (broad SMARTS) is 1. The maximum Gasteiger partial charge on any atom is 0.335 e. The van der Waals surface area contributed by atoms with Crippen LogP contribution in [0.1, 0.15) is 17.3 Å². The van der Waals surface area contributed by atoms with Crippen LogP contribution in [0.25, 0.3) is 11.3 Å². The van der Waals surface area contributed by atoms with E-state index in [2.05, 4.69) is 4.98 Å². The number of carboxylic acids is 1. The second kappa shape index (κ2) is 5.48. The monoisotopic (exact) mass is 261 g/mol. The lowest BCUT2D eigenvalue weighted by Gasteiger charge is -2.07. The minimum Gasteiger partial charge on any atom is -0.491 e. The molecule has 2 aromatic rings. The van der Waals surface area contributed by atoms with E-state index in [1.54, 1.807) is 13.0 Å². The standard InChI is InChI=1S/C14H12FNO3/c1-2-19-13-4-3-9(7-11(13)15)12-8-10(14(17)18)5-6-16-12/h3-8H,2H2,1H3,(H,17,18). The summed E-state index contributed by atoms with van der Waals surface area (Å²) in [6, 6.07) is 7.21. The van der Waals surface area contributed by atoms with Crippen LogP contribution in [0.15, 0.2) is 36.5 Å². The van der Waals surface area contributed by atoms with Gasteiger partial charge in [0.25, 0.3) is 0 Å². The van der Waals surface area contributed by atoms with Crippen LogP contribution in [0.4, 0.5) is 4.39 Å². The zero-order chi connectivity index (χ0) is 13.8. The molecule has 0 unspecified atom stereocenters. The van der Waals surface area contributed by atoms with Gasteiger partial charge in [-0.2, -0.15) is 0 Å². The first-order chi connectivity index (χ1) is 9.11. The van der Waals surface area contributed by atoms with Gasteiger partial charge in [-0.3, -0.25) is 4.98 Å². The molecule has 4 nitrogen and oxygen atoms in total. The number of aromatic nitrogens is 1. The number of halogens is 1. The van der Waals surface area contributed by atoms with Gasteiger partial charge in [0.05, 0.1) is 17.9 Å². The molecule has 98 valence electrons. The van der Waals surface area contributed by atoms with Crippen LogP contribution in [0.2, 0.25) is 0 Å². The van der Waals surface area contributed by atoms with Crippen molar-refractivity contribution >= 4 is 5.97 Å². The van der Waals surface area contributed by atoms with E-state index in [4.69, 9.17) is 9.84 Å². The molecular formula is C14H12FNO3. The number of nitrogens with zero attached hydrogens (tertiary/aromatic N) is 1. The molecule has 0 saturated carbocycles. The van der Waals surface area contributed by atoms with Crippen molar-refractivity contribution in [1.82, 2.24) is 4.98 Å². The van der Waals surface area contributed by atoms with Gasteiger partial charge in [0.1, 0.15) is 0 Å². The van der Waals surface area contributed by atoms with E-state index in [-0.39, 0.29) is 11.3 Å². The largest absolute Gasteiger partial charge is 0.491 e. The lowest BCUT2D eigenvalue weighted by Crippen LogP contribution is -1.98. The molecule has 1 N–H and O–H groups in total. The summed E-state index contributed by atoms with van der Waals surface area (Å²) in [6.07, 6.45) is 1.38. The molecule has 0 bridgehead atoms. The predicted octanol–water partition coefficient (Wildman–Crippen LogP) is 2.98. The molecule has 5 heteroatoms. The second-order valence-electron chi connectivity index (χ2n) is 3.81. The van der Waals surface area contributed by atoms with Crippen molar-refractivity contribution in [2.24, 2.45) is 0 Å². The van der Waals surface area contributed by atoms with Crippen LogP contribution in [0.5, 0.6) is 5.75 Å². The van der Waals surface area contributed by atoms with Crippen LogP contribution in [-0.4, -0.2) is 22.7 Å². The Morgan fingerprint density at radius 1 is 1.37 bits per heavy atom. The second-order valence-corrected chi connectivity index (χ2v) is 3.81. The van der Waals surface area contributed by atoms with Crippen molar-refractivity contribution in [3.05, 3.63) is 47.9 Å². The minimum absolute atomic E-state index is 0.110. The minimum atomic E-state index is -1.05. The van der Waals surface area contributed by atoms with Crippen molar-refractivity contribution in [3.63, 3.8) is 0 Å². The van der Waals surface area contributed by atoms with Crippen molar-refractivity contribution in [2.75, 3.05) is 6.61 Å². The highest BCUT2D eigenvalue weighted by atomic mass is 19.1. The zero-order valence-electron chi connectivity index (χ0n) is 10.3. The van der Waals surface area contributed by atoms with Crippen molar-refractivity contribution in [1.29, 1.82) is 0 Å². The first-order valence-corrected chi connectivity index (χ1v) is 5.74. The molecule has 0 aliphatic carbocycles. The molecule has 2 rings (SSSR count). The Hall–Kier alpha value is -2.43. The maximum absolute atomic E-state index is 13.7. The number of ether oxygens (including phenoxy) is 1. The SMILES string of the molecule is CCOc1ccc(-c2cc(C(=O)O)ccn2)cc1F. The van der Waals surface area contributed by atoms with Gasteiger partial charge < -0.3 is 9.84 Å². The van der Waals surface area contributed by atoms with Gasteiger partial charge in [-0.05, 0) is 37.3 Å². The van der Waals surface area contributed by atoms with E-state index in [1.807, 2.05) is 0 Å². The number of hydrogen-bond donors (Lipinski definition) is 1. The fraction of sp³-hybridized carbons (Fsp3) is 0.143. The summed E-state index contributed by atoms with van der Waals surface area (Å²) in [6.45, 7) is 2.15. The van der Waals surface area contributed by atoms with Crippen LogP contribution >= 0.6 is 0 Å². The molecule has 0 spiro atoms. The van der Waals surface area contributed by atoms with E-state index < -0.39 is 11.8 Å². The third kappa shape index (κ3) is 2.88. The Balaban J connectivity index is 2.39. The van der Waals surface area contributed by atoms with E-state index in [0.717, 1.165) is 0 Å². The third-order valence-electron chi connectivity index (χ3n) is 2.53. The first kappa shape index (κ1) is 13.0. The van der Waals surface area contributed by atoms with Gasteiger partial charge in [-0.1, -0.05) is 0 Å². The van der Waals surface area contributed by atoms with Crippen LogP contribution in [0.3, 0.4) is 0 Å². The average molecular weight is 261 g/mol. The summed E-state index contributed by atoms with van der Waals surface area (Å²) >= 11 is 0. The Morgan fingerprint density at radius 3 is 2.79 bits per heavy atom. The molecule has 0 atom stereocenters. The molecule has 0 radical (unpaired) electrons. The highest BCUT2D eigenvalue weighted by Gasteiger charge is 2.09. The van der Waals surface area contributed by atoms with E-state index >= 15 is 0 Å². The predicted molar refractivity (Wildman–Crippen MR) is 67.8 cm³/mol. The number of pyridine rings is 1. The first-order valence-electron chi connectivity index (χ1n) is 5.74. The molecule has 1 aromatic carbocycles. The Morgan fingerprint density at radius 2 is 2.16 bits per heavy atom. The van der Waals surface area contributed by atoms with Crippen molar-refractivity contribution in [2.45, 2.75) is 6.92 Å². The summed E-state index contributed by atoms with van der Waals surface area (Å²) in [5.41, 5.74) is 1.02. The van der Waals surface area contributed by atoms with E-state index in [1.165, 1.54) is 30.5 Å². The molecule has 0 saturated heterocycles. The molecule has 1 aromatic heterocycles. The molecule has 0 aliphatic heterocycles. The highest BCUT2D eigenvalue weighted by Crippen LogP contribution is 2.24. The maximum atomic E-state index is 13.7. The number of rotatable bonds is 4. The molecule has 0 aliphatic rings. The fourth-order valence-corrected chi connectivity index (χ4v) is 1.65. The normalized spacial score (nSPS) is 10.2. The molecular weight excluding hydrogens is 249 g/mol. The lowest BCUT2D eigenvalue weighted by atomic mass is 10.1. The molecule has 0 fully saturated rings. The highest BCUT2D eigenvalue weighted by molar-refractivity contribution is 5.88. The summed E-state index contributed by atoms with van der Waals surface area (Å²) in [4.78, 5) is 14.9. The summed E-state index contributed by atoms with van der Waals surface area (Å²) in [5.74, 6) is -1.38. The van der Waals surface area contributed by atoms with Crippen LogP contribution < -0.4 is 4.74 Å². The van der Waals surface area contributed by atoms with Crippen LogP contribution in [0, 0.1) is 5.82 Å². The van der Waals surface area contributed by atoms with Gasteiger partial charge in [0.15, 0.2) is 11.6 Å². The Bertz CT molecular complexity index is 613. The van der Waals surface area contributed by atoms with Crippen LogP contribution in [-0.2, 0) is 0 Å². The fourth-order valence-electron chi connectivity index (χ4n) is 1.65. The molecule has 1 heterocycles. The number of aromatic carboxylic acids is 1. The molecule has 19 heavy (non-hydrogen) atoms. The smallest absolute Gasteiger partial charge is 0.335 e. The third-order valence-corrected chi connectivity index (χ3v) is 2.53. The van der Waals surface area contributed by atoms with Gasteiger partial charge in [-0.15, -0.1) is 0 Å². The summed E-state index contributed by atoms with van der Waals surface area (Å²) < 4.78 is 18.8. The van der Waals surface area contributed by atoms with Gasteiger partial charge >= 0.3 is 5.97 Å². The van der Waals surface area contributed by atoms with Gasteiger partial charge in [-0.25, -0.2) is 9.18 Å². The lowest BCUT2D eigenvalue weighted by molar-refractivity contribution is 0.0697. The Labute approximate surface area is 109 Å². The van der Waals surface area contributed by atoms with Crippen molar-refractivity contribution < 1.29 is 19.0 Å². The number of benzene rings is 1. The van der Waals surface area contributed by atoms with E-state index in [0.29, 0.717) is 17.9 Å². The quantitative estimate of drug-likeness (QED) is 0.919. The van der Waals surface area contributed by atoms with Gasteiger partial charge in [0, 0.05) is 11.8 Å². The van der Waals surface area contributed by atoms with Gasteiger partial charge in [0.2, 0.25) is 0 Å². The summed E-state index contributed by atoms with van der Waals surface area (Å²) in [7, 11) is 0. The number of carbonyl (C=O) groups is 1. The number of hydrogen-bond acceptors (Lipinski definition) is 3. The summed E-state index contributed by atoms with van der Waals surface area (Å²) in [5, 5.41) is 8.90. The Kier molecular flexibility index (Phi) is 3.75. The average Bonchev–Trinajstić information content (AvgIpc) is 2.41. The van der Waals surface area contributed by atoms with Crippen molar-refractivity contribution in [3.8, 4) is 17.0 Å². The topological polar surface area (TPSA) is 59.4 Å². The molecule has 0 amide bonds.